The first-order chi connectivity index (χ1) is 15.3. The van der Waals surface area contributed by atoms with Gasteiger partial charge >= 0.3 is 0 Å². The number of benzene rings is 2. The van der Waals surface area contributed by atoms with Gasteiger partial charge in [-0.25, -0.2) is 14.4 Å². The SMILES string of the molecule is COCCOc1cc2c(NCc3cccc(C(F)(F)CO)c3F)nc(C)nc2cc1OC. The number of aryl methyl sites for hydroxylation is 1. The number of alkyl halides is 2. The van der Waals surface area contributed by atoms with Crippen molar-refractivity contribution in [3.05, 3.63) is 53.1 Å². The lowest BCUT2D eigenvalue weighted by atomic mass is 10.0. The van der Waals surface area contributed by atoms with Gasteiger partial charge in [-0.05, 0) is 19.1 Å². The third-order valence-electron chi connectivity index (χ3n) is 4.76. The molecule has 0 saturated heterocycles. The molecule has 0 atom stereocenters. The smallest absolute Gasteiger partial charge is 0.298 e. The van der Waals surface area contributed by atoms with Crippen LogP contribution in [0.15, 0.2) is 30.3 Å². The Morgan fingerprint density at radius 2 is 1.88 bits per heavy atom. The summed E-state index contributed by atoms with van der Waals surface area (Å²) in [5.74, 6) is -3.00. The van der Waals surface area contributed by atoms with E-state index < -0.39 is 23.9 Å². The minimum Gasteiger partial charge on any atom is -0.493 e. The van der Waals surface area contributed by atoms with E-state index >= 15 is 0 Å². The summed E-state index contributed by atoms with van der Waals surface area (Å²) in [6.07, 6.45) is 0. The van der Waals surface area contributed by atoms with Crippen LogP contribution in [0.2, 0.25) is 0 Å². The number of hydrogen-bond acceptors (Lipinski definition) is 7. The van der Waals surface area contributed by atoms with Crippen molar-refractivity contribution in [2.24, 2.45) is 0 Å². The molecule has 0 unspecified atom stereocenters. The number of nitrogens with zero attached hydrogens (tertiary/aromatic N) is 2. The lowest BCUT2D eigenvalue weighted by Gasteiger charge is -2.17. The molecule has 32 heavy (non-hydrogen) atoms. The van der Waals surface area contributed by atoms with Gasteiger partial charge in [-0.15, -0.1) is 0 Å². The third-order valence-corrected chi connectivity index (χ3v) is 4.76. The topological polar surface area (TPSA) is 85.7 Å². The molecule has 2 N–H and O–H groups in total. The largest absolute Gasteiger partial charge is 0.493 e. The van der Waals surface area contributed by atoms with Crippen LogP contribution in [0.4, 0.5) is 19.0 Å². The van der Waals surface area contributed by atoms with Gasteiger partial charge in [0.2, 0.25) is 0 Å². The molecule has 0 aliphatic heterocycles. The van der Waals surface area contributed by atoms with Gasteiger partial charge < -0.3 is 24.6 Å². The Kier molecular flexibility index (Phi) is 7.37. The normalized spacial score (nSPS) is 11.6. The monoisotopic (exact) mass is 451 g/mol. The van der Waals surface area contributed by atoms with Crippen molar-refractivity contribution in [2.45, 2.75) is 19.4 Å². The molecule has 0 spiro atoms. The fourth-order valence-corrected chi connectivity index (χ4v) is 3.16. The Morgan fingerprint density at radius 3 is 2.56 bits per heavy atom. The minimum absolute atomic E-state index is 0.00474. The molecule has 2 aromatic carbocycles. The predicted molar refractivity (Wildman–Crippen MR) is 113 cm³/mol. The van der Waals surface area contributed by atoms with Gasteiger partial charge in [0.05, 0.1) is 24.8 Å². The number of aliphatic hydroxyl groups is 1. The van der Waals surface area contributed by atoms with Gasteiger partial charge in [-0.3, -0.25) is 0 Å². The second-order valence-electron chi connectivity index (χ2n) is 6.98. The Labute approximate surface area is 183 Å². The maximum atomic E-state index is 14.7. The van der Waals surface area contributed by atoms with E-state index in [1.54, 1.807) is 26.2 Å². The number of nitrogens with one attached hydrogen (secondary N) is 1. The summed E-state index contributed by atoms with van der Waals surface area (Å²) in [5.41, 5.74) is -0.288. The number of aromatic nitrogens is 2. The maximum Gasteiger partial charge on any atom is 0.298 e. The summed E-state index contributed by atoms with van der Waals surface area (Å²) in [6.45, 7) is 0.779. The van der Waals surface area contributed by atoms with Crippen molar-refractivity contribution in [2.75, 3.05) is 39.4 Å². The fourth-order valence-electron chi connectivity index (χ4n) is 3.16. The van der Waals surface area contributed by atoms with Gasteiger partial charge in [0.15, 0.2) is 11.5 Å². The molecule has 0 aliphatic carbocycles. The molecule has 3 rings (SSSR count). The van der Waals surface area contributed by atoms with E-state index in [0.29, 0.717) is 47.3 Å². The number of aliphatic hydroxyl groups excluding tert-OH is 1. The number of anilines is 1. The Balaban J connectivity index is 1.95. The quantitative estimate of drug-likeness (QED) is 0.454. The number of ether oxygens (including phenoxy) is 3. The zero-order valence-corrected chi connectivity index (χ0v) is 17.9. The van der Waals surface area contributed by atoms with E-state index in [9.17, 15) is 13.2 Å². The van der Waals surface area contributed by atoms with Crippen LogP contribution in [0.25, 0.3) is 10.9 Å². The Bertz CT molecular complexity index is 1100. The molecule has 0 aliphatic rings. The van der Waals surface area contributed by atoms with Crippen molar-refractivity contribution >= 4 is 16.7 Å². The number of fused-ring (bicyclic) bond motifs is 1. The second kappa shape index (κ2) is 10.0. The van der Waals surface area contributed by atoms with Gasteiger partial charge in [0.1, 0.15) is 30.7 Å². The molecular weight excluding hydrogens is 427 g/mol. The van der Waals surface area contributed by atoms with E-state index in [1.165, 1.54) is 19.2 Å². The van der Waals surface area contributed by atoms with E-state index in [2.05, 4.69) is 15.3 Å². The number of rotatable bonds is 10. The van der Waals surface area contributed by atoms with E-state index in [0.717, 1.165) is 6.07 Å². The summed E-state index contributed by atoms with van der Waals surface area (Å²) < 4.78 is 58.4. The number of halogens is 3. The first-order valence-electron chi connectivity index (χ1n) is 9.79. The first kappa shape index (κ1) is 23.6. The first-order valence-corrected chi connectivity index (χ1v) is 9.79. The van der Waals surface area contributed by atoms with E-state index in [1.807, 2.05) is 0 Å². The van der Waals surface area contributed by atoms with Crippen LogP contribution in [-0.2, 0) is 17.2 Å². The van der Waals surface area contributed by atoms with Crippen LogP contribution in [0.1, 0.15) is 17.0 Å². The highest BCUT2D eigenvalue weighted by Gasteiger charge is 2.34. The molecule has 1 heterocycles. The van der Waals surface area contributed by atoms with Crippen molar-refractivity contribution < 1.29 is 32.5 Å². The number of methoxy groups -OCH3 is 2. The van der Waals surface area contributed by atoms with Crippen molar-refractivity contribution in [3.8, 4) is 11.5 Å². The van der Waals surface area contributed by atoms with E-state index in [-0.39, 0.29) is 12.1 Å². The molecule has 172 valence electrons. The Hall–Kier alpha value is -3.11. The summed E-state index contributed by atoms with van der Waals surface area (Å²) >= 11 is 0. The second-order valence-corrected chi connectivity index (χ2v) is 6.98. The molecule has 7 nitrogen and oxygen atoms in total. The molecule has 0 radical (unpaired) electrons. The maximum absolute atomic E-state index is 14.7. The molecule has 0 amide bonds. The van der Waals surface area contributed by atoms with Crippen LogP contribution in [0, 0.1) is 12.7 Å². The van der Waals surface area contributed by atoms with E-state index in [4.69, 9.17) is 19.3 Å². The van der Waals surface area contributed by atoms with Crippen molar-refractivity contribution in [1.29, 1.82) is 0 Å². The summed E-state index contributed by atoms with van der Waals surface area (Å²) in [6, 6.07) is 7.04. The van der Waals surface area contributed by atoms with Crippen molar-refractivity contribution in [1.82, 2.24) is 9.97 Å². The zero-order chi connectivity index (χ0) is 23.3. The van der Waals surface area contributed by atoms with Crippen LogP contribution in [-0.4, -0.2) is 49.1 Å². The molecule has 0 fully saturated rings. The zero-order valence-electron chi connectivity index (χ0n) is 17.9. The lowest BCUT2D eigenvalue weighted by Crippen LogP contribution is -2.21. The molecule has 0 bridgehead atoms. The van der Waals surface area contributed by atoms with Gasteiger partial charge in [0, 0.05) is 30.7 Å². The highest BCUT2D eigenvalue weighted by molar-refractivity contribution is 5.91. The van der Waals surface area contributed by atoms with Gasteiger partial charge in [-0.2, -0.15) is 8.78 Å². The van der Waals surface area contributed by atoms with Gasteiger partial charge in [-0.1, -0.05) is 12.1 Å². The fraction of sp³-hybridized carbons (Fsp3) is 0.364. The number of hydrogen-bond donors (Lipinski definition) is 2. The highest BCUT2D eigenvalue weighted by Crippen LogP contribution is 2.35. The third kappa shape index (κ3) is 5.03. The summed E-state index contributed by atoms with van der Waals surface area (Å²) in [7, 11) is 3.07. The van der Waals surface area contributed by atoms with Crippen LogP contribution in [0.3, 0.4) is 0 Å². The summed E-state index contributed by atoms with van der Waals surface area (Å²) in [4.78, 5) is 8.77. The molecular formula is C22H24F3N3O4. The molecule has 10 heteroatoms. The average molecular weight is 451 g/mol. The predicted octanol–water partition coefficient (Wildman–Crippen LogP) is 3.81. The van der Waals surface area contributed by atoms with Crippen LogP contribution in [0.5, 0.6) is 11.5 Å². The standard InChI is InChI=1S/C22H24F3N3O4/c1-13-27-17-10-18(31-3)19(32-8-7-30-2)9-15(17)21(28-13)26-11-14-5-4-6-16(20(14)23)22(24,25)12-29/h4-6,9-10,29H,7-8,11-12H2,1-3H3,(H,26,27,28). The molecule has 0 saturated carbocycles. The molecule has 3 aromatic rings. The Morgan fingerprint density at radius 1 is 1.09 bits per heavy atom. The van der Waals surface area contributed by atoms with Gasteiger partial charge in [0.25, 0.3) is 5.92 Å². The minimum atomic E-state index is -3.68. The average Bonchev–Trinajstić information content (AvgIpc) is 2.77. The molecule has 1 aromatic heterocycles. The highest BCUT2D eigenvalue weighted by atomic mass is 19.3. The van der Waals surface area contributed by atoms with Crippen LogP contribution >= 0.6 is 0 Å². The van der Waals surface area contributed by atoms with Crippen LogP contribution < -0.4 is 14.8 Å². The van der Waals surface area contributed by atoms with Crippen molar-refractivity contribution in [3.63, 3.8) is 0 Å². The lowest BCUT2D eigenvalue weighted by molar-refractivity contribution is -0.0583. The summed E-state index contributed by atoms with van der Waals surface area (Å²) in [5, 5.41) is 12.5.